The lowest BCUT2D eigenvalue weighted by Crippen LogP contribution is -2.57. The van der Waals surface area contributed by atoms with Crippen molar-refractivity contribution >= 4 is 45.8 Å². The number of nitrogens with zero attached hydrogens (tertiary/aromatic N) is 1. The van der Waals surface area contributed by atoms with Gasteiger partial charge in [-0.15, -0.1) is 0 Å². The zero-order valence-corrected chi connectivity index (χ0v) is 15.0. The van der Waals surface area contributed by atoms with Gasteiger partial charge in [-0.25, -0.2) is 5.01 Å². The Kier molecular flexibility index (Phi) is 5.10. The Morgan fingerprint density at radius 3 is 2.58 bits per heavy atom. The monoisotopic (exact) mass is 378 g/mol. The summed E-state index contributed by atoms with van der Waals surface area (Å²) in [4.78, 5) is 12.4. The number of benzene rings is 2. The van der Waals surface area contributed by atoms with Gasteiger partial charge in [0, 0.05) is 17.0 Å². The van der Waals surface area contributed by atoms with Gasteiger partial charge < -0.3 is 5.11 Å². The first-order valence-electron chi connectivity index (χ1n) is 7.28. The molecular formula is C17H15ClN2O2S2. The number of rotatable bonds is 4. The molecule has 0 bridgehead atoms. The molecule has 24 heavy (non-hydrogen) atoms. The molecule has 7 heteroatoms. The molecule has 0 aromatic heterocycles. The van der Waals surface area contributed by atoms with Crippen LogP contribution in [0.25, 0.3) is 0 Å². The highest BCUT2D eigenvalue weighted by Gasteiger charge is 2.44. The molecule has 1 amide bonds. The van der Waals surface area contributed by atoms with E-state index >= 15 is 0 Å². The van der Waals surface area contributed by atoms with Crippen LogP contribution >= 0.6 is 35.6 Å². The quantitative estimate of drug-likeness (QED) is 0.800. The van der Waals surface area contributed by atoms with Crippen molar-refractivity contribution in [2.24, 2.45) is 0 Å². The van der Waals surface area contributed by atoms with E-state index in [9.17, 15) is 9.90 Å². The fourth-order valence-electron chi connectivity index (χ4n) is 2.44. The molecule has 0 unspecified atom stereocenters. The second-order valence-electron chi connectivity index (χ2n) is 5.48. The summed E-state index contributed by atoms with van der Waals surface area (Å²) in [6.07, 6.45) is 0.326. The summed E-state index contributed by atoms with van der Waals surface area (Å²) in [7, 11) is 0. The van der Waals surface area contributed by atoms with E-state index in [1.54, 1.807) is 36.4 Å². The van der Waals surface area contributed by atoms with Gasteiger partial charge in [0.15, 0.2) is 10.0 Å². The minimum absolute atomic E-state index is 0.310. The van der Waals surface area contributed by atoms with Gasteiger partial charge in [0.05, 0.1) is 5.75 Å². The normalized spacial score (nSPS) is 20.2. The van der Waals surface area contributed by atoms with Gasteiger partial charge >= 0.3 is 0 Å². The van der Waals surface area contributed by atoms with E-state index in [1.165, 1.54) is 16.8 Å². The molecule has 124 valence electrons. The molecule has 1 saturated heterocycles. The van der Waals surface area contributed by atoms with Crippen LogP contribution in [0.3, 0.4) is 0 Å². The number of hydrazine groups is 1. The molecular weight excluding hydrogens is 364 g/mol. The van der Waals surface area contributed by atoms with Crippen LogP contribution in [0.5, 0.6) is 0 Å². The molecule has 1 fully saturated rings. The summed E-state index contributed by atoms with van der Waals surface area (Å²) in [5, 5.41) is 13.0. The van der Waals surface area contributed by atoms with E-state index in [2.05, 4.69) is 5.43 Å². The van der Waals surface area contributed by atoms with Crippen LogP contribution in [0.15, 0.2) is 54.6 Å². The minimum atomic E-state index is -1.28. The Morgan fingerprint density at radius 1 is 1.25 bits per heavy atom. The van der Waals surface area contributed by atoms with E-state index in [4.69, 9.17) is 23.8 Å². The number of amides is 1. The number of thioether (sulfide) groups is 1. The average molecular weight is 379 g/mol. The summed E-state index contributed by atoms with van der Waals surface area (Å²) in [6.45, 7) is 0. The second kappa shape index (κ2) is 7.11. The maximum Gasteiger partial charge on any atom is 0.269 e. The third kappa shape index (κ3) is 3.72. The first-order chi connectivity index (χ1) is 11.5. The number of hydrogen-bond acceptors (Lipinski definition) is 4. The molecule has 2 aromatic rings. The molecule has 4 nitrogen and oxygen atoms in total. The van der Waals surface area contributed by atoms with Gasteiger partial charge in [-0.3, -0.25) is 10.2 Å². The highest BCUT2D eigenvalue weighted by atomic mass is 35.5. The Labute approximate surface area is 154 Å². The SMILES string of the molecule is O=C(NN1C(=S)SC[C@]1(O)Cc1ccc(Cl)cc1)c1ccccc1. The predicted molar refractivity (Wildman–Crippen MR) is 101 cm³/mol. The van der Waals surface area contributed by atoms with E-state index < -0.39 is 5.72 Å². The fourth-order valence-corrected chi connectivity index (χ4v) is 3.89. The fraction of sp³-hybridized carbons (Fsp3) is 0.176. The van der Waals surface area contributed by atoms with Crippen molar-refractivity contribution in [2.45, 2.75) is 12.1 Å². The van der Waals surface area contributed by atoms with Crippen LogP contribution < -0.4 is 5.43 Å². The molecule has 0 radical (unpaired) electrons. The molecule has 0 aliphatic carbocycles. The molecule has 1 heterocycles. The first kappa shape index (κ1) is 17.2. The largest absolute Gasteiger partial charge is 0.368 e. The highest BCUT2D eigenvalue weighted by molar-refractivity contribution is 8.23. The lowest BCUT2D eigenvalue weighted by molar-refractivity contribution is -0.0596. The van der Waals surface area contributed by atoms with Crippen LogP contribution in [-0.4, -0.2) is 31.8 Å². The lowest BCUT2D eigenvalue weighted by atomic mass is 10.0. The van der Waals surface area contributed by atoms with Crippen molar-refractivity contribution in [1.29, 1.82) is 0 Å². The van der Waals surface area contributed by atoms with Crippen molar-refractivity contribution in [3.05, 3.63) is 70.7 Å². The maximum absolute atomic E-state index is 12.4. The van der Waals surface area contributed by atoms with Gasteiger partial charge in [0.1, 0.15) is 0 Å². The van der Waals surface area contributed by atoms with Crippen LogP contribution in [0, 0.1) is 0 Å². The van der Waals surface area contributed by atoms with E-state index in [1.807, 2.05) is 18.2 Å². The lowest BCUT2D eigenvalue weighted by Gasteiger charge is -2.34. The summed E-state index contributed by atoms with van der Waals surface area (Å²) in [5.41, 5.74) is 2.86. The molecule has 1 aliphatic heterocycles. The molecule has 0 spiro atoms. The van der Waals surface area contributed by atoms with Crippen molar-refractivity contribution in [1.82, 2.24) is 10.4 Å². The molecule has 2 N–H and O–H groups in total. The number of carbonyl (C=O) groups excluding carboxylic acids is 1. The Bertz CT molecular complexity index is 755. The first-order valence-corrected chi connectivity index (χ1v) is 9.05. The smallest absolute Gasteiger partial charge is 0.269 e. The summed E-state index contributed by atoms with van der Waals surface area (Å²) in [5.74, 6) is 0.0683. The van der Waals surface area contributed by atoms with Crippen molar-refractivity contribution in [3.8, 4) is 0 Å². The van der Waals surface area contributed by atoms with Gasteiger partial charge in [-0.1, -0.05) is 65.9 Å². The van der Waals surface area contributed by atoms with E-state index in [-0.39, 0.29) is 5.91 Å². The number of thiocarbonyl (C=S) groups is 1. The average Bonchev–Trinajstić information content (AvgIpc) is 2.86. The second-order valence-corrected chi connectivity index (χ2v) is 7.53. The van der Waals surface area contributed by atoms with Gasteiger partial charge in [-0.2, -0.15) is 0 Å². The topological polar surface area (TPSA) is 52.6 Å². The third-order valence-electron chi connectivity index (χ3n) is 3.68. The molecule has 1 aliphatic rings. The standard InChI is InChI=1S/C17H15ClN2O2S2/c18-14-8-6-12(7-9-14)10-17(22)11-24-16(23)20(17)19-15(21)13-4-2-1-3-5-13/h1-9,22H,10-11H2,(H,19,21)/t17-/m1/s1. The number of nitrogens with one attached hydrogen (secondary N) is 1. The predicted octanol–water partition coefficient (Wildman–Crippen LogP) is 3.25. The molecule has 0 saturated carbocycles. The van der Waals surface area contributed by atoms with Crippen LogP contribution in [-0.2, 0) is 6.42 Å². The van der Waals surface area contributed by atoms with Crippen LogP contribution in [0.2, 0.25) is 5.02 Å². The highest BCUT2D eigenvalue weighted by Crippen LogP contribution is 2.33. The van der Waals surface area contributed by atoms with E-state index in [0.717, 1.165) is 5.56 Å². The van der Waals surface area contributed by atoms with Crippen molar-refractivity contribution < 1.29 is 9.90 Å². The van der Waals surface area contributed by atoms with Gasteiger partial charge in [-0.05, 0) is 29.8 Å². The third-order valence-corrected chi connectivity index (χ3v) is 5.50. The molecule has 1 atom stereocenters. The maximum atomic E-state index is 12.4. The van der Waals surface area contributed by atoms with Crippen molar-refractivity contribution in [3.63, 3.8) is 0 Å². The number of aliphatic hydroxyl groups is 1. The Balaban J connectivity index is 1.78. The zero-order chi connectivity index (χ0) is 17.2. The minimum Gasteiger partial charge on any atom is -0.368 e. The Hall–Kier alpha value is -1.60. The van der Waals surface area contributed by atoms with E-state index in [0.29, 0.717) is 27.1 Å². The molecule has 2 aromatic carbocycles. The van der Waals surface area contributed by atoms with Crippen molar-refractivity contribution in [2.75, 3.05) is 5.75 Å². The van der Waals surface area contributed by atoms with Crippen LogP contribution in [0.1, 0.15) is 15.9 Å². The number of halogens is 1. The molecule has 3 rings (SSSR count). The summed E-state index contributed by atoms with van der Waals surface area (Å²) >= 11 is 12.5. The van der Waals surface area contributed by atoms with Crippen LogP contribution in [0.4, 0.5) is 0 Å². The zero-order valence-electron chi connectivity index (χ0n) is 12.6. The summed E-state index contributed by atoms with van der Waals surface area (Å²) in [6, 6.07) is 16.1. The summed E-state index contributed by atoms with van der Waals surface area (Å²) < 4.78 is 0.441. The van der Waals surface area contributed by atoms with Gasteiger partial charge in [0.2, 0.25) is 0 Å². The number of hydrogen-bond donors (Lipinski definition) is 2. The van der Waals surface area contributed by atoms with Gasteiger partial charge in [0.25, 0.3) is 5.91 Å². The number of carbonyl (C=O) groups is 1. The Morgan fingerprint density at radius 2 is 1.92 bits per heavy atom.